The van der Waals surface area contributed by atoms with E-state index in [2.05, 4.69) is 15.3 Å². The molecule has 20 heavy (non-hydrogen) atoms. The molecule has 1 unspecified atom stereocenters. The van der Waals surface area contributed by atoms with Crippen LogP contribution < -0.4 is 5.32 Å². The summed E-state index contributed by atoms with van der Waals surface area (Å²) in [5.74, 6) is 1.59. The number of nitrogens with zero attached hydrogens (tertiary/aromatic N) is 2. The lowest BCUT2D eigenvalue weighted by Gasteiger charge is -2.22. The van der Waals surface area contributed by atoms with Gasteiger partial charge in [0.05, 0.1) is 18.1 Å². The second-order valence-electron chi connectivity index (χ2n) is 4.88. The summed E-state index contributed by atoms with van der Waals surface area (Å²) in [4.78, 5) is 10.0. The monoisotopic (exact) mass is 293 g/mol. The Morgan fingerprint density at radius 2 is 2.40 bits per heavy atom. The van der Waals surface area contributed by atoms with E-state index in [9.17, 15) is 0 Å². The number of rotatable bonds is 5. The van der Waals surface area contributed by atoms with Gasteiger partial charge in [-0.2, -0.15) is 0 Å². The molecule has 0 bridgehead atoms. The molecule has 0 radical (unpaired) electrons. The van der Waals surface area contributed by atoms with E-state index in [0.717, 1.165) is 34.9 Å². The Labute approximate surface area is 122 Å². The van der Waals surface area contributed by atoms with Crippen molar-refractivity contribution in [2.75, 3.05) is 25.6 Å². The standard InChI is InChI=1S/C14H19N3O2S/c1-15-13-11-5-7-20-14(11)17-12(16-13)9-18-8-10-4-2-3-6-19-10/h5,7,10H,2-4,6,8-9H2,1H3,(H,15,16,17). The quantitative estimate of drug-likeness (QED) is 0.918. The SMILES string of the molecule is CNc1nc(COCC2CCCCO2)nc2sccc12. The molecule has 0 aromatic carbocycles. The Hall–Kier alpha value is -1.24. The molecule has 2 aromatic rings. The highest BCUT2D eigenvalue weighted by atomic mass is 32.1. The Balaban J connectivity index is 1.62. The molecule has 2 aromatic heterocycles. The first-order chi connectivity index (χ1) is 9.86. The molecule has 6 heteroatoms. The predicted molar refractivity (Wildman–Crippen MR) is 80.2 cm³/mol. The number of ether oxygens (including phenoxy) is 2. The zero-order chi connectivity index (χ0) is 13.8. The largest absolute Gasteiger partial charge is 0.376 e. The van der Waals surface area contributed by atoms with Crippen LogP contribution in [-0.4, -0.2) is 36.3 Å². The minimum absolute atomic E-state index is 0.234. The lowest BCUT2D eigenvalue weighted by molar-refractivity contribution is -0.0457. The van der Waals surface area contributed by atoms with Gasteiger partial charge in [0, 0.05) is 13.7 Å². The van der Waals surface area contributed by atoms with Crippen molar-refractivity contribution in [3.05, 3.63) is 17.3 Å². The highest BCUT2D eigenvalue weighted by molar-refractivity contribution is 7.16. The van der Waals surface area contributed by atoms with Gasteiger partial charge in [-0.25, -0.2) is 9.97 Å². The molecule has 1 aliphatic rings. The summed E-state index contributed by atoms with van der Waals surface area (Å²) in [5, 5.41) is 6.21. The molecular formula is C14H19N3O2S. The molecule has 3 heterocycles. The first kappa shape index (κ1) is 13.7. The molecule has 0 aliphatic carbocycles. The van der Waals surface area contributed by atoms with E-state index >= 15 is 0 Å². The van der Waals surface area contributed by atoms with Crippen LogP contribution in [0.4, 0.5) is 5.82 Å². The topological polar surface area (TPSA) is 56.3 Å². The fourth-order valence-electron chi connectivity index (χ4n) is 2.38. The molecule has 1 N–H and O–H groups in total. The summed E-state index contributed by atoms with van der Waals surface area (Å²) in [6.45, 7) is 1.92. The van der Waals surface area contributed by atoms with Crippen LogP contribution in [0.2, 0.25) is 0 Å². The van der Waals surface area contributed by atoms with Gasteiger partial charge >= 0.3 is 0 Å². The highest BCUT2D eigenvalue weighted by Gasteiger charge is 2.14. The van der Waals surface area contributed by atoms with Crippen LogP contribution in [0.1, 0.15) is 25.1 Å². The average molecular weight is 293 g/mol. The summed E-state index contributed by atoms with van der Waals surface area (Å²) >= 11 is 1.62. The van der Waals surface area contributed by atoms with Crippen LogP contribution in [0.25, 0.3) is 10.2 Å². The van der Waals surface area contributed by atoms with Crippen molar-refractivity contribution < 1.29 is 9.47 Å². The molecule has 1 aliphatic heterocycles. The van der Waals surface area contributed by atoms with Crippen molar-refractivity contribution in [3.8, 4) is 0 Å². The molecule has 1 atom stereocenters. The maximum atomic E-state index is 5.71. The van der Waals surface area contributed by atoms with Crippen molar-refractivity contribution in [1.82, 2.24) is 9.97 Å². The first-order valence-electron chi connectivity index (χ1n) is 6.98. The van der Waals surface area contributed by atoms with Gasteiger partial charge in [0.1, 0.15) is 17.3 Å². The van der Waals surface area contributed by atoms with Gasteiger partial charge in [0.15, 0.2) is 5.82 Å². The van der Waals surface area contributed by atoms with E-state index in [1.165, 1.54) is 12.8 Å². The van der Waals surface area contributed by atoms with Crippen LogP contribution in [0.3, 0.4) is 0 Å². The number of aromatic nitrogens is 2. The van der Waals surface area contributed by atoms with E-state index in [1.54, 1.807) is 11.3 Å². The summed E-state index contributed by atoms with van der Waals surface area (Å²) in [6, 6.07) is 2.03. The van der Waals surface area contributed by atoms with Crippen molar-refractivity contribution in [3.63, 3.8) is 0 Å². The second-order valence-corrected chi connectivity index (χ2v) is 5.78. The van der Waals surface area contributed by atoms with Crippen LogP contribution in [0.5, 0.6) is 0 Å². The predicted octanol–water partition coefficient (Wildman–Crippen LogP) is 2.82. The zero-order valence-electron chi connectivity index (χ0n) is 11.6. The van der Waals surface area contributed by atoms with E-state index in [1.807, 2.05) is 18.5 Å². The van der Waals surface area contributed by atoms with Crippen LogP contribution in [0, 0.1) is 0 Å². The summed E-state index contributed by atoms with van der Waals surface area (Å²) < 4.78 is 11.4. The third kappa shape index (κ3) is 3.08. The smallest absolute Gasteiger partial charge is 0.158 e. The molecule has 3 rings (SSSR count). The molecule has 1 fully saturated rings. The molecule has 108 valence electrons. The van der Waals surface area contributed by atoms with Crippen LogP contribution >= 0.6 is 11.3 Å². The van der Waals surface area contributed by atoms with Crippen molar-refractivity contribution in [2.45, 2.75) is 32.0 Å². The van der Waals surface area contributed by atoms with Crippen LogP contribution in [-0.2, 0) is 16.1 Å². The van der Waals surface area contributed by atoms with Crippen molar-refractivity contribution in [2.24, 2.45) is 0 Å². The van der Waals surface area contributed by atoms with Crippen molar-refractivity contribution >= 4 is 27.4 Å². The Morgan fingerprint density at radius 3 is 3.20 bits per heavy atom. The Bertz CT molecular complexity index is 567. The van der Waals surface area contributed by atoms with E-state index < -0.39 is 0 Å². The van der Waals surface area contributed by atoms with Gasteiger partial charge in [0.25, 0.3) is 0 Å². The summed E-state index contributed by atoms with van der Waals surface area (Å²) in [5.41, 5.74) is 0. The van der Waals surface area contributed by atoms with Gasteiger partial charge in [-0.3, -0.25) is 0 Å². The van der Waals surface area contributed by atoms with E-state index in [0.29, 0.717) is 13.2 Å². The normalized spacial score (nSPS) is 19.4. The van der Waals surface area contributed by atoms with E-state index in [-0.39, 0.29) is 6.10 Å². The second kappa shape index (κ2) is 6.47. The van der Waals surface area contributed by atoms with Gasteiger partial charge in [0.2, 0.25) is 0 Å². The Morgan fingerprint density at radius 1 is 1.45 bits per heavy atom. The third-order valence-corrected chi connectivity index (χ3v) is 4.22. The number of fused-ring (bicyclic) bond motifs is 1. The van der Waals surface area contributed by atoms with E-state index in [4.69, 9.17) is 9.47 Å². The summed E-state index contributed by atoms with van der Waals surface area (Å²) in [7, 11) is 1.87. The maximum Gasteiger partial charge on any atom is 0.158 e. The fraction of sp³-hybridized carbons (Fsp3) is 0.571. The van der Waals surface area contributed by atoms with Gasteiger partial charge in [-0.1, -0.05) is 0 Å². The van der Waals surface area contributed by atoms with Gasteiger partial charge < -0.3 is 14.8 Å². The lowest BCUT2D eigenvalue weighted by Crippen LogP contribution is -2.24. The lowest BCUT2D eigenvalue weighted by atomic mass is 10.1. The minimum Gasteiger partial charge on any atom is -0.376 e. The first-order valence-corrected chi connectivity index (χ1v) is 7.86. The summed E-state index contributed by atoms with van der Waals surface area (Å²) in [6.07, 6.45) is 3.72. The number of hydrogen-bond acceptors (Lipinski definition) is 6. The Kier molecular flexibility index (Phi) is 4.44. The van der Waals surface area contributed by atoms with Gasteiger partial charge in [-0.05, 0) is 30.7 Å². The molecule has 0 amide bonds. The third-order valence-electron chi connectivity index (χ3n) is 3.42. The number of anilines is 1. The molecule has 1 saturated heterocycles. The molecule has 5 nitrogen and oxygen atoms in total. The average Bonchev–Trinajstić information content (AvgIpc) is 2.96. The van der Waals surface area contributed by atoms with Crippen molar-refractivity contribution in [1.29, 1.82) is 0 Å². The number of nitrogens with one attached hydrogen (secondary N) is 1. The zero-order valence-corrected chi connectivity index (χ0v) is 12.4. The molecule has 0 spiro atoms. The number of hydrogen-bond donors (Lipinski definition) is 1. The van der Waals surface area contributed by atoms with Crippen LogP contribution in [0.15, 0.2) is 11.4 Å². The van der Waals surface area contributed by atoms with Gasteiger partial charge in [-0.15, -0.1) is 11.3 Å². The fourth-order valence-corrected chi connectivity index (χ4v) is 3.16. The maximum absolute atomic E-state index is 5.71. The highest BCUT2D eigenvalue weighted by Crippen LogP contribution is 2.24. The minimum atomic E-state index is 0.234. The number of thiophene rings is 1. The molecular weight excluding hydrogens is 274 g/mol. The molecule has 0 saturated carbocycles.